The van der Waals surface area contributed by atoms with Gasteiger partial charge in [0.05, 0.1) is 0 Å². The zero-order valence-corrected chi connectivity index (χ0v) is 7.90. The second-order valence-electron chi connectivity index (χ2n) is 2.11. The average Bonchev–Trinajstić information content (AvgIpc) is 1.88. The molecule has 0 aromatic carbocycles. The van der Waals surface area contributed by atoms with Crippen LogP contribution in [0.3, 0.4) is 0 Å². The van der Waals surface area contributed by atoms with Gasteiger partial charge >= 0.3 is 69.4 Å². The number of rotatable bonds is 1. The second kappa shape index (κ2) is 3.53. The van der Waals surface area contributed by atoms with Gasteiger partial charge in [0, 0.05) is 0 Å². The number of morpholine rings is 1. The van der Waals surface area contributed by atoms with Crippen molar-refractivity contribution in [1.82, 2.24) is 4.67 Å². The van der Waals surface area contributed by atoms with Crippen molar-refractivity contribution in [1.29, 1.82) is 0 Å². The summed E-state index contributed by atoms with van der Waals surface area (Å²) in [4.78, 5) is 9.18. The molecule has 1 N–H and O–H groups in total. The van der Waals surface area contributed by atoms with Gasteiger partial charge in [0.25, 0.3) is 0 Å². The van der Waals surface area contributed by atoms with Gasteiger partial charge in [0.15, 0.2) is 0 Å². The minimum absolute atomic E-state index is 0.606. The molecule has 1 aliphatic rings. The fourth-order valence-electron chi connectivity index (χ4n) is 0.832. The number of hydrogen-bond acceptors (Lipinski definition) is 3. The van der Waals surface area contributed by atoms with E-state index in [1.807, 2.05) is 0 Å². The molecular weight excluding hydrogens is 196 g/mol. The van der Waals surface area contributed by atoms with Crippen LogP contribution >= 0.6 is 28.8 Å². The molecule has 1 heterocycles. The predicted octanol–water partition coefficient (Wildman–Crippen LogP) is 1.20. The van der Waals surface area contributed by atoms with E-state index >= 15 is 0 Å². The van der Waals surface area contributed by atoms with Crippen LogP contribution in [0.25, 0.3) is 0 Å². The summed E-state index contributed by atoms with van der Waals surface area (Å²) in [5.74, 6) is 0. The molecule has 0 aromatic rings. The van der Waals surface area contributed by atoms with Crippen LogP contribution in [0.4, 0.5) is 0 Å². The number of ether oxygens (including phenoxy) is 1. The fraction of sp³-hybridized carbons (Fsp3) is 1.00. The third kappa shape index (κ3) is 2.50. The van der Waals surface area contributed by atoms with E-state index in [2.05, 4.69) is 0 Å². The van der Waals surface area contributed by atoms with Crippen molar-refractivity contribution in [3.8, 4) is 0 Å². The van der Waals surface area contributed by atoms with Crippen molar-refractivity contribution in [3.05, 3.63) is 0 Å². The summed E-state index contributed by atoms with van der Waals surface area (Å²) in [6.45, 7) is 2.48. The molecule has 10 heavy (non-hydrogen) atoms. The Hall–Kier alpha value is 0.890. The van der Waals surface area contributed by atoms with Gasteiger partial charge in [-0.25, -0.2) is 0 Å². The Morgan fingerprint density at radius 1 is 1.30 bits per heavy atom. The fourth-order valence-corrected chi connectivity index (χ4v) is 2.57. The van der Waals surface area contributed by atoms with Crippen molar-refractivity contribution in [2.75, 3.05) is 26.3 Å². The maximum atomic E-state index is 9.18. The van der Waals surface area contributed by atoms with Crippen LogP contribution in [0, 0.1) is 0 Å². The Labute approximate surface area is 69.9 Å². The SMILES string of the molecule is O[PH](Cl)(Cl)N1CCOCC1. The maximum absolute atomic E-state index is 9.18. The first-order chi connectivity index (χ1) is 4.61. The molecular formula is C4H10Cl2NO2P. The molecule has 0 spiro atoms. The van der Waals surface area contributed by atoms with Gasteiger partial charge < -0.3 is 0 Å². The van der Waals surface area contributed by atoms with Crippen LogP contribution in [0.15, 0.2) is 0 Å². The number of halogens is 2. The van der Waals surface area contributed by atoms with Crippen molar-refractivity contribution in [3.63, 3.8) is 0 Å². The van der Waals surface area contributed by atoms with Gasteiger partial charge in [-0.2, -0.15) is 0 Å². The van der Waals surface area contributed by atoms with Crippen LogP contribution in [0.2, 0.25) is 0 Å². The molecule has 0 atom stereocenters. The van der Waals surface area contributed by atoms with E-state index in [1.54, 1.807) is 4.67 Å². The molecule has 1 fully saturated rings. The van der Waals surface area contributed by atoms with Crippen molar-refractivity contribution < 1.29 is 9.63 Å². The molecule has 0 amide bonds. The van der Waals surface area contributed by atoms with Gasteiger partial charge in [-0.05, 0) is 0 Å². The van der Waals surface area contributed by atoms with Gasteiger partial charge in [-0.3, -0.25) is 0 Å². The van der Waals surface area contributed by atoms with Gasteiger partial charge in [-0.1, -0.05) is 0 Å². The van der Waals surface area contributed by atoms with E-state index < -0.39 is 6.35 Å². The van der Waals surface area contributed by atoms with Gasteiger partial charge in [-0.15, -0.1) is 0 Å². The first-order valence-electron chi connectivity index (χ1n) is 3.03. The molecule has 1 saturated heterocycles. The zero-order chi connectivity index (χ0) is 7.61. The Kier molecular flexibility index (Phi) is 3.17. The molecule has 6 heteroatoms. The molecule has 62 valence electrons. The van der Waals surface area contributed by atoms with Crippen LogP contribution in [0.1, 0.15) is 0 Å². The molecule has 1 rings (SSSR count). The summed E-state index contributed by atoms with van der Waals surface area (Å²) in [5.41, 5.74) is 0. The first-order valence-corrected chi connectivity index (χ1v) is 6.95. The summed E-state index contributed by atoms with van der Waals surface area (Å²) in [6, 6.07) is 0. The van der Waals surface area contributed by atoms with Crippen LogP contribution < -0.4 is 0 Å². The van der Waals surface area contributed by atoms with E-state index in [4.69, 9.17) is 27.2 Å². The molecule has 0 radical (unpaired) electrons. The predicted molar refractivity (Wildman–Crippen MR) is 44.6 cm³/mol. The van der Waals surface area contributed by atoms with Crippen molar-refractivity contribution >= 4 is 28.8 Å². The minimum atomic E-state index is -3.06. The Balaban J connectivity index is 2.39. The van der Waals surface area contributed by atoms with Gasteiger partial charge in [0.1, 0.15) is 0 Å². The van der Waals surface area contributed by atoms with E-state index in [1.165, 1.54) is 0 Å². The summed E-state index contributed by atoms with van der Waals surface area (Å²) < 4.78 is 6.73. The zero-order valence-electron chi connectivity index (χ0n) is 5.39. The monoisotopic (exact) mass is 205 g/mol. The van der Waals surface area contributed by atoms with Crippen molar-refractivity contribution in [2.45, 2.75) is 0 Å². The molecule has 1 aliphatic heterocycles. The Morgan fingerprint density at radius 3 is 2.10 bits per heavy atom. The van der Waals surface area contributed by atoms with E-state index in [0.29, 0.717) is 26.3 Å². The van der Waals surface area contributed by atoms with E-state index in [0.717, 1.165) is 0 Å². The Bertz CT molecular complexity index is 112. The summed E-state index contributed by atoms with van der Waals surface area (Å²) in [7, 11) is 0. The third-order valence-corrected chi connectivity index (χ3v) is 4.03. The summed E-state index contributed by atoms with van der Waals surface area (Å²) in [5, 5.41) is 0. The average molecular weight is 206 g/mol. The topological polar surface area (TPSA) is 32.7 Å². The molecule has 3 nitrogen and oxygen atoms in total. The molecule has 0 aliphatic carbocycles. The van der Waals surface area contributed by atoms with Crippen molar-refractivity contribution in [2.24, 2.45) is 0 Å². The van der Waals surface area contributed by atoms with Gasteiger partial charge in [0.2, 0.25) is 0 Å². The van der Waals surface area contributed by atoms with E-state index in [-0.39, 0.29) is 0 Å². The summed E-state index contributed by atoms with van der Waals surface area (Å²) >= 11 is 11.1. The van der Waals surface area contributed by atoms with Crippen LogP contribution in [-0.2, 0) is 4.74 Å². The molecule has 0 aromatic heterocycles. The standard InChI is InChI=1S/C4H10Cl2NO2P/c5-10(6,8)7-1-3-9-4-2-7/h8,10H,1-4H2. The second-order valence-corrected chi connectivity index (χ2v) is 7.50. The molecule has 0 bridgehead atoms. The Morgan fingerprint density at radius 2 is 1.80 bits per heavy atom. The molecule has 0 unspecified atom stereocenters. The summed E-state index contributed by atoms with van der Waals surface area (Å²) in [6.07, 6.45) is -3.06. The third-order valence-electron chi connectivity index (χ3n) is 1.39. The number of hydrogen-bond donors (Lipinski definition) is 1. The molecule has 0 saturated carbocycles. The van der Waals surface area contributed by atoms with E-state index in [9.17, 15) is 4.89 Å². The van der Waals surface area contributed by atoms with Crippen LogP contribution in [-0.4, -0.2) is 35.9 Å². The quantitative estimate of drug-likeness (QED) is 0.654. The van der Waals surface area contributed by atoms with Crippen LogP contribution in [0.5, 0.6) is 0 Å². The number of nitrogens with zero attached hydrogens (tertiary/aromatic N) is 1. The normalized spacial score (nSPS) is 24.7. The first kappa shape index (κ1) is 8.98.